The minimum atomic E-state index is 0.224. The number of phenols is 1. The maximum atomic E-state index is 10.3. The Labute approximate surface area is 145 Å². The molecule has 0 atom stereocenters. The highest BCUT2D eigenvalue weighted by Gasteiger charge is 2.21. The number of hydrogen-bond acceptors (Lipinski definition) is 6. The van der Waals surface area contributed by atoms with Gasteiger partial charge in [0.25, 0.3) is 0 Å². The molecular formula is C19H18N4O2. The third-order valence-corrected chi connectivity index (χ3v) is 4.27. The molecule has 0 unspecified atom stereocenters. The Bertz CT molecular complexity index is 902. The van der Waals surface area contributed by atoms with E-state index in [0.29, 0.717) is 18.8 Å². The van der Waals surface area contributed by atoms with Gasteiger partial charge in [-0.2, -0.15) is 0 Å². The van der Waals surface area contributed by atoms with Crippen molar-refractivity contribution in [3.8, 4) is 22.8 Å². The third kappa shape index (κ3) is 2.76. The van der Waals surface area contributed by atoms with Gasteiger partial charge in [0.2, 0.25) is 0 Å². The van der Waals surface area contributed by atoms with Crippen LogP contribution in [0.2, 0.25) is 0 Å². The molecule has 0 radical (unpaired) electrons. The molecule has 25 heavy (non-hydrogen) atoms. The highest BCUT2D eigenvalue weighted by atomic mass is 16.5. The van der Waals surface area contributed by atoms with Crippen LogP contribution >= 0.6 is 0 Å². The van der Waals surface area contributed by atoms with Crippen LogP contribution in [0.15, 0.2) is 42.7 Å². The molecule has 0 saturated heterocycles. The molecule has 126 valence electrons. The van der Waals surface area contributed by atoms with Gasteiger partial charge in [-0.25, -0.2) is 0 Å². The first-order chi connectivity index (χ1) is 12.1. The van der Waals surface area contributed by atoms with Crippen LogP contribution in [0.1, 0.15) is 11.1 Å². The van der Waals surface area contributed by atoms with Crippen molar-refractivity contribution >= 4 is 11.5 Å². The molecule has 1 aliphatic heterocycles. The number of aryl methyl sites for hydroxylation is 2. The van der Waals surface area contributed by atoms with E-state index in [1.807, 2.05) is 38.1 Å². The van der Waals surface area contributed by atoms with E-state index in [2.05, 4.69) is 20.1 Å². The first kappa shape index (κ1) is 15.4. The summed E-state index contributed by atoms with van der Waals surface area (Å²) in [7, 11) is 0. The fourth-order valence-corrected chi connectivity index (χ4v) is 3.19. The van der Waals surface area contributed by atoms with Crippen LogP contribution in [0.3, 0.4) is 0 Å². The zero-order valence-electron chi connectivity index (χ0n) is 14.1. The lowest BCUT2D eigenvalue weighted by molar-refractivity contribution is 0.312. The number of aromatic hydroxyl groups is 1. The number of aromatic nitrogens is 3. The van der Waals surface area contributed by atoms with Gasteiger partial charge in [-0.15, -0.1) is 10.2 Å². The van der Waals surface area contributed by atoms with E-state index in [1.165, 1.54) is 0 Å². The summed E-state index contributed by atoms with van der Waals surface area (Å²) in [6.45, 7) is 5.18. The number of nitrogens with zero attached hydrogens (tertiary/aromatic N) is 4. The summed E-state index contributed by atoms with van der Waals surface area (Å²) >= 11 is 0. The topological polar surface area (TPSA) is 71.4 Å². The number of anilines is 2. The molecule has 0 saturated carbocycles. The fraction of sp³-hybridized carbons (Fsp3) is 0.211. The summed E-state index contributed by atoms with van der Waals surface area (Å²) < 4.78 is 5.63. The maximum absolute atomic E-state index is 10.3. The van der Waals surface area contributed by atoms with Crippen molar-refractivity contribution < 1.29 is 9.84 Å². The first-order valence-corrected chi connectivity index (χ1v) is 8.12. The van der Waals surface area contributed by atoms with E-state index in [1.54, 1.807) is 18.5 Å². The van der Waals surface area contributed by atoms with E-state index in [-0.39, 0.29) is 5.75 Å². The molecule has 0 spiro atoms. The molecule has 0 fully saturated rings. The van der Waals surface area contributed by atoms with E-state index in [0.717, 1.165) is 33.9 Å². The average molecular weight is 334 g/mol. The minimum Gasteiger partial charge on any atom is -0.507 e. The Morgan fingerprint density at radius 3 is 2.76 bits per heavy atom. The predicted molar refractivity (Wildman–Crippen MR) is 95.3 cm³/mol. The largest absolute Gasteiger partial charge is 0.507 e. The Balaban J connectivity index is 1.71. The third-order valence-electron chi connectivity index (χ3n) is 4.27. The second-order valence-corrected chi connectivity index (χ2v) is 6.10. The van der Waals surface area contributed by atoms with Crippen molar-refractivity contribution in [2.45, 2.75) is 13.8 Å². The van der Waals surface area contributed by atoms with Crippen molar-refractivity contribution in [1.82, 2.24) is 15.2 Å². The lowest BCUT2D eigenvalue weighted by Crippen LogP contribution is -2.29. The van der Waals surface area contributed by atoms with E-state index in [9.17, 15) is 5.11 Å². The molecule has 4 rings (SSSR count). The second kappa shape index (κ2) is 6.05. The number of hydrogen-bond donors (Lipinski definition) is 1. The Morgan fingerprint density at radius 1 is 1.12 bits per heavy atom. The van der Waals surface area contributed by atoms with Crippen molar-refractivity contribution in [1.29, 1.82) is 0 Å². The smallest absolute Gasteiger partial charge is 0.161 e. The predicted octanol–water partition coefficient (Wildman–Crippen LogP) is 3.39. The van der Waals surface area contributed by atoms with Gasteiger partial charge in [0.1, 0.15) is 12.4 Å². The van der Waals surface area contributed by atoms with Gasteiger partial charge in [-0.1, -0.05) is 6.07 Å². The summed E-state index contributed by atoms with van der Waals surface area (Å²) in [6.07, 6.45) is 3.44. The van der Waals surface area contributed by atoms with Gasteiger partial charge < -0.3 is 14.7 Å². The molecule has 1 aliphatic rings. The molecular weight excluding hydrogens is 316 g/mol. The molecule has 2 aromatic heterocycles. The van der Waals surface area contributed by atoms with Crippen LogP contribution in [0.4, 0.5) is 11.5 Å². The number of fused-ring (bicyclic) bond motifs is 1. The normalized spacial score (nSPS) is 13.3. The van der Waals surface area contributed by atoms with Gasteiger partial charge in [0.15, 0.2) is 11.6 Å². The number of ether oxygens (including phenoxy) is 1. The Hall–Kier alpha value is -3.15. The van der Waals surface area contributed by atoms with Crippen LogP contribution < -0.4 is 9.64 Å². The molecule has 3 heterocycles. The molecule has 1 aromatic carbocycles. The summed E-state index contributed by atoms with van der Waals surface area (Å²) in [5.41, 5.74) is 4.29. The van der Waals surface area contributed by atoms with Gasteiger partial charge in [0, 0.05) is 11.8 Å². The monoisotopic (exact) mass is 334 g/mol. The van der Waals surface area contributed by atoms with Crippen LogP contribution in [0.5, 0.6) is 11.5 Å². The summed E-state index contributed by atoms with van der Waals surface area (Å²) in [5.74, 6) is 1.71. The molecule has 6 heteroatoms. The van der Waals surface area contributed by atoms with E-state index >= 15 is 0 Å². The van der Waals surface area contributed by atoms with Crippen LogP contribution in [0, 0.1) is 13.8 Å². The fourth-order valence-electron chi connectivity index (χ4n) is 3.19. The highest BCUT2D eigenvalue weighted by Crippen LogP contribution is 2.36. The van der Waals surface area contributed by atoms with Gasteiger partial charge in [-0.05, 0) is 49.2 Å². The Kier molecular flexibility index (Phi) is 3.72. The molecule has 0 amide bonds. The number of rotatable bonds is 2. The molecule has 3 aromatic rings. The lowest BCUT2D eigenvalue weighted by atomic mass is 10.0. The first-order valence-electron chi connectivity index (χ1n) is 8.12. The molecule has 0 aliphatic carbocycles. The molecule has 1 N–H and O–H groups in total. The van der Waals surface area contributed by atoms with E-state index in [4.69, 9.17) is 4.74 Å². The summed E-state index contributed by atoms with van der Waals surface area (Å²) in [5, 5.41) is 19.0. The average Bonchev–Trinajstić information content (AvgIpc) is 2.61. The minimum absolute atomic E-state index is 0.224. The summed E-state index contributed by atoms with van der Waals surface area (Å²) in [4.78, 5) is 6.15. The number of phenolic OH excluding ortho intramolecular Hbond substituents is 1. The summed E-state index contributed by atoms with van der Waals surface area (Å²) in [6, 6.07) is 9.46. The van der Waals surface area contributed by atoms with Crippen molar-refractivity contribution in [3.05, 3.63) is 53.9 Å². The molecule has 6 nitrogen and oxygen atoms in total. The van der Waals surface area contributed by atoms with Crippen LogP contribution in [0.25, 0.3) is 11.3 Å². The van der Waals surface area contributed by atoms with Crippen molar-refractivity contribution in [3.63, 3.8) is 0 Å². The van der Waals surface area contributed by atoms with Gasteiger partial charge in [-0.3, -0.25) is 4.98 Å². The van der Waals surface area contributed by atoms with Crippen molar-refractivity contribution in [2.75, 3.05) is 18.1 Å². The van der Waals surface area contributed by atoms with Crippen LogP contribution in [-0.2, 0) is 0 Å². The lowest BCUT2D eigenvalue weighted by Gasteiger charge is -2.29. The highest BCUT2D eigenvalue weighted by molar-refractivity contribution is 5.73. The number of pyridine rings is 1. The Morgan fingerprint density at radius 2 is 2.00 bits per heavy atom. The number of benzene rings is 1. The zero-order valence-corrected chi connectivity index (χ0v) is 14.1. The second-order valence-electron chi connectivity index (χ2n) is 6.10. The standard InChI is InChI=1S/C19H18N4O2/c1-12-9-13(2)19(16(24)10-12)14-3-4-18(22-21-14)23-7-8-25-17-11-20-6-5-15(17)23/h3-6,9-11,24H,7-8H2,1-2H3. The SMILES string of the molecule is Cc1cc(C)c(-c2ccc(N3CCOc4cnccc43)nn2)c(O)c1. The van der Waals surface area contributed by atoms with E-state index < -0.39 is 0 Å². The maximum Gasteiger partial charge on any atom is 0.161 e. The quantitative estimate of drug-likeness (QED) is 0.774. The van der Waals surface area contributed by atoms with Gasteiger partial charge in [0.05, 0.1) is 24.1 Å². The van der Waals surface area contributed by atoms with Crippen molar-refractivity contribution in [2.24, 2.45) is 0 Å². The molecule has 0 bridgehead atoms. The zero-order chi connectivity index (χ0) is 17.4. The van der Waals surface area contributed by atoms with Crippen LogP contribution in [-0.4, -0.2) is 33.4 Å². The van der Waals surface area contributed by atoms with Gasteiger partial charge >= 0.3 is 0 Å².